The van der Waals surface area contributed by atoms with Gasteiger partial charge in [-0.05, 0) is 42.9 Å². The number of aromatic nitrogens is 1. The molecular formula is C22H33N2O6P. The summed E-state index contributed by atoms with van der Waals surface area (Å²) in [6, 6.07) is 1.87. The maximum atomic E-state index is 13.1. The molecule has 1 aromatic heterocycles. The van der Waals surface area contributed by atoms with Crippen molar-refractivity contribution in [2.75, 3.05) is 25.8 Å². The van der Waals surface area contributed by atoms with E-state index in [1.807, 2.05) is 47.6 Å². The van der Waals surface area contributed by atoms with E-state index in [2.05, 4.69) is 10.3 Å². The number of benzene rings is 1. The van der Waals surface area contributed by atoms with Crippen LogP contribution in [0.3, 0.4) is 0 Å². The summed E-state index contributed by atoms with van der Waals surface area (Å²) in [5, 5.41) is 13.8. The number of nitrogens with one attached hydrogen (secondary N) is 1. The monoisotopic (exact) mass is 452 g/mol. The fourth-order valence-electron chi connectivity index (χ4n) is 3.42. The van der Waals surface area contributed by atoms with Crippen molar-refractivity contribution >= 4 is 13.4 Å². The molecule has 31 heavy (non-hydrogen) atoms. The van der Waals surface area contributed by atoms with Crippen molar-refractivity contribution in [3.8, 4) is 23.0 Å². The van der Waals surface area contributed by atoms with Gasteiger partial charge in [-0.15, -0.1) is 0 Å². The van der Waals surface area contributed by atoms with E-state index in [9.17, 15) is 14.6 Å². The SMILES string of the molecule is COc1c(O)c(C(C)C)c(OP(=O)(O)CNc2nccc(C)c2C)c(C(C)C)c1OC. The predicted octanol–water partition coefficient (Wildman–Crippen LogP) is 5.30. The molecule has 172 valence electrons. The zero-order chi connectivity index (χ0) is 23.5. The van der Waals surface area contributed by atoms with Crippen LogP contribution in [0.4, 0.5) is 5.82 Å². The fourth-order valence-corrected chi connectivity index (χ4v) is 4.31. The van der Waals surface area contributed by atoms with Crippen molar-refractivity contribution in [1.29, 1.82) is 0 Å². The molecular weight excluding hydrogens is 419 g/mol. The highest BCUT2D eigenvalue weighted by Gasteiger charge is 2.33. The second-order valence-electron chi connectivity index (χ2n) is 8.05. The summed E-state index contributed by atoms with van der Waals surface area (Å²) >= 11 is 0. The summed E-state index contributed by atoms with van der Waals surface area (Å²) in [4.78, 5) is 14.9. The van der Waals surface area contributed by atoms with Crippen molar-refractivity contribution in [3.63, 3.8) is 0 Å². The third-order valence-corrected chi connectivity index (χ3v) is 6.15. The van der Waals surface area contributed by atoms with Gasteiger partial charge >= 0.3 is 7.60 Å². The van der Waals surface area contributed by atoms with E-state index >= 15 is 0 Å². The zero-order valence-electron chi connectivity index (χ0n) is 19.4. The summed E-state index contributed by atoms with van der Waals surface area (Å²) < 4.78 is 29.7. The first-order valence-electron chi connectivity index (χ1n) is 10.1. The number of nitrogens with zero attached hydrogens (tertiary/aromatic N) is 1. The highest BCUT2D eigenvalue weighted by molar-refractivity contribution is 7.53. The number of ether oxygens (including phenoxy) is 2. The summed E-state index contributed by atoms with van der Waals surface area (Å²) in [7, 11) is -1.29. The standard InChI is InChI=1S/C22H33N2O6P/c1-12(2)16-18(25)21(29-8)20(28-7)17(13(3)4)19(16)30-31(26,27)11-24-22-15(6)14(5)9-10-23-22/h9-10,12-13,25H,11H2,1-8H3,(H,23,24)(H,26,27). The Labute approximate surface area is 184 Å². The highest BCUT2D eigenvalue weighted by atomic mass is 31.2. The number of aromatic hydroxyl groups is 1. The molecule has 1 atom stereocenters. The quantitative estimate of drug-likeness (QED) is 0.440. The van der Waals surface area contributed by atoms with E-state index in [0.717, 1.165) is 11.1 Å². The second-order valence-corrected chi connectivity index (χ2v) is 9.82. The lowest BCUT2D eigenvalue weighted by molar-refractivity contribution is 0.320. The molecule has 2 rings (SSSR count). The second kappa shape index (κ2) is 9.79. The van der Waals surface area contributed by atoms with Gasteiger partial charge < -0.3 is 29.3 Å². The lowest BCUT2D eigenvalue weighted by Crippen LogP contribution is -2.12. The normalized spacial score (nSPS) is 13.3. The molecule has 8 nitrogen and oxygen atoms in total. The van der Waals surface area contributed by atoms with Crippen molar-refractivity contribution < 1.29 is 28.6 Å². The van der Waals surface area contributed by atoms with Crippen molar-refractivity contribution in [2.45, 2.75) is 53.4 Å². The van der Waals surface area contributed by atoms with E-state index in [1.165, 1.54) is 14.2 Å². The first kappa shape index (κ1) is 24.8. The van der Waals surface area contributed by atoms with Gasteiger partial charge in [-0.2, -0.15) is 0 Å². The zero-order valence-corrected chi connectivity index (χ0v) is 20.3. The third kappa shape index (κ3) is 5.25. The molecule has 0 saturated heterocycles. The fraction of sp³-hybridized carbons (Fsp3) is 0.500. The lowest BCUT2D eigenvalue weighted by Gasteiger charge is -2.27. The molecule has 0 spiro atoms. The molecule has 0 amide bonds. The summed E-state index contributed by atoms with van der Waals surface area (Å²) in [6.07, 6.45) is 1.28. The van der Waals surface area contributed by atoms with Gasteiger partial charge in [0.1, 0.15) is 17.9 Å². The average molecular weight is 452 g/mol. The smallest absolute Gasteiger partial charge is 0.395 e. The van der Waals surface area contributed by atoms with Crippen molar-refractivity contribution in [2.24, 2.45) is 0 Å². The van der Waals surface area contributed by atoms with E-state index in [0.29, 0.717) is 16.9 Å². The maximum absolute atomic E-state index is 13.1. The minimum atomic E-state index is -4.18. The van der Waals surface area contributed by atoms with Gasteiger partial charge in [0.05, 0.1) is 14.2 Å². The number of methoxy groups -OCH3 is 2. The molecule has 2 aromatic rings. The molecule has 0 fully saturated rings. The van der Waals surface area contributed by atoms with Crippen LogP contribution in [0.2, 0.25) is 0 Å². The largest absolute Gasteiger partial charge is 0.504 e. The number of phenolic OH excluding ortho intramolecular Hbond substituents is 1. The number of anilines is 1. The Balaban J connectivity index is 2.54. The number of pyridine rings is 1. The van der Waals surface area contributed by atoms with Crippen molar-refractivity contribution in [3.05, 3.63) is 34.5 Å². The third-order valence-electron chi connectivity index (χ3n) is 5.13. The summed E-state index contributed by atoms with van der Waals surface area (Å²) in [5.74, 6) is 0.596. The molecule has 0 aliphatic carbocycles. The molecule has 0 aliphatic rings. The van der Waals surface area contributed by atoms with Crippen LogP contribution in [0, 0.1) is 13.8 Å². The Morgan fingerprint density at radius 1 is 1.03 bits per heavy atom. The van der Waals surface area contributed by atoms with Crippen LogP contribution in [-0.4, -0.2) is 35.5 Å². The topological polar surface area (TPSA) is 110 Å². The Morgan fingerprint density at radius 2 is 1.61 bits per heavy atom. The number of phenols is 1. The van der Waals surface area contributed by atoms with E-state index < -0.39 is 7.60 Å². The number of hydrogen-bond donors (Lipinski definition) is 3. The molecule has 1 heterocycles. The van der Waals surface area contributed by atoms with Crippen LogP contribution in [0.15, 0.2) is 12.3 Å². The highest BCUT2D eigenvalue weighted by Crippen LogP contribution is 2.56. The van der Waals surface area contributed by atoms with Crippen LogP contribution in [0.5, 0.6) is 23.0 Å². The predicted molar refractivity (Wildman–Crippen MR) is 122 cm³/mol. The Kier molecular flexibility index (Phi) is 7.84. The summed E-state index contributed by atoms with van der Waals surface area (Å²) in [6.45, 7) is 11.4. The molecule has 0 aliphatic heterocycles. The van der Waals surface area contributed by atoms with Crippen LogP contribution < -0.4 is 19.3 Å². The number of rotatable bonds is 9. The van der Waals surface area contributed by atoms with E-state index in [1.54, 1.807) is 6.20 Å². The van der Waals surface area contributed by atoms with E-state index in [4.69, 9.17) is 14.0 Å². The van der Waals surface area contributed by atoms with Gasteiger partial charge in [-0.1, -0.05) is 27.7 Å². The average Bonchev–Trinajstić information content (AvgIpc) is 2.67. The minimum Gasteiger partial charge on any atom is -0.504 e. The number of hydrogen-bond acceptors (Lipinski definition) is 7. The van der Waals surface area contributed by atoms with Gasteiger partial charge in [0.15, 0.2) is 11.5 Å². The minimum absolute atomic E-state index is 0.134. The summed E-state index contributed by atoms with van der Waals surface area (Å²) in [5.41, 5.74) is 2.85. The molecule has 3 N–H and O–H groups in total. The molecule has 0 radical (unpaired) electrons. The maximum Gasteiger partial charge on any atom is 0.395 e. The Hall–Kier alpha value is -2.44. The molecule has 0 bridgehead atoms. The van der Waals surface area contributed by atoms with Crippen LogP contribution in [-0.2, 0) is 4.57 Å². The van der Waals surface area contributed by atoms with Crippen LogP contribution >= 0.6 is 7.60 Å². The first-order valence-corrected chi connectivity index (χ1v) is 11.9. The van der Waals surface area contributed by atoms with E-state index in [-0.39, 0.29) is 41.1 Å². The first-order chi connectivity index (χ1) is 14.4. The van der Waals surface area contributed by atoms with Gasteiger partial charge in [0, 0.05) is 17.3 Å². The molecule has 0 saturated carbocycles. The Bertz CT molecular complexity index is 991. The van der Waals surface area contributed by atoms with Gasteiger partial charge in [0.25, 0.3) is 0 Å². The molecule has 1 unspecified atom stereocenters. The van der Waals surface area contributed by atoms with Crippen LogP contribution in [0.1, 0.15) is 61.8 Å². The Morgan fingerprint density at radius 3 is 2.13 bits per heavy atom. The van der Waals surface area contributed by atoms with Gasteiger partial charge in [0.2, 0.25) is 5.75 Å². The number of aryl methyl sites for hydroxylation is 1. The molecule has 9 heteroatoms. The lowest BCUT2D eigenvalue weighted by atomic mass is 9.91. The molecule has 1 aromatic carbocycles. The van der Waals surface area contributed by atoms with Gasteiger partial charge in [-0.3, -0.25) is 0 Å². The van der Waals surface area contributed by atoms with Crippen molar-refractivity contribution in [1.82, 2.24) is 4.98 Å². The van der Waals surface area contributed by atoms with Gasteiger partial charge in [-0.25, -0.2) is 9.55 Å². The van der Waals surface area contributed by atoms with Crippen LogP contribution in [0.25, 0.3) is 0 Å².